The third-order valence-corrected chi connectivity index (χ3v) is 4.71. The maximum atomic E-state index is 9.44. The molecule has 0 spiro atoms. The first-order valence-corrected chi connectivity index (χ1v) is 8.90. The van der Waals surface area contributed by atoms with Crippen LogP contribution in [0.15, 0.2) is 52.9 Å². The van der Waals surface area contributed by atoms with Gasteiger partial charge in [0.25, 0.3) is 0 Å². The van der Waals surface area contributed by atoms with Crippen LogP contribution >= 0.6 is 11.3 Å². The molecule has 0 saturated heterocycles. The number of nitriles is 1. The SMILES string of the molecule is COc1ccc(N/N=C(/C#N)c2nc(-c3ccc(C)cc3C)cs2)cc1. The summed E-state index contributed by atoms with van der Waals surface area (Å²) in [6.45, 7) is 4.13. The Morgan fingerprint density at radius 1 is 1.19 bits per heavy atom. The van der Waals surface area contributed by atoms with E-state index in [-0.39, 0.29) is 5.71 Å². The first kappa shape index (κ1) is 17.6. The van der Waals surface area contributed by atoms with E-state index in [1.807, 2.05) is 29.6 Å². The fourth-order valence-corrected chi connectivity index (χ4v) is 3.27. The minimum atomic E-state index is 0.252. The molecule has 130 valence electrons. The number of hydrogen-bond acceptors (Lipinski definition) is 6. The number of hydrazone groups is 1. The molecule has 0 aliphatic rings. The maximum Gasteiger partial charge on any atom is 0.196 e. The van der Waals surface area contributed by atoms with E-state index in [2.05, 4.69) is 53.6 Å². The number of rotatable bonds is 5. The van der Waals surface area contributed by atoms with Crippen LogP contribution in [0.5, 0.6) is 5.75 Å². The highest BCUT2D eigenvalue weighted by atomic mass is 32.1. The summed E-state index contributed by atoms with van der Waals surface area (Å²) in [5, 5.41) is 16.2. The summed E-state index contributed by atoms with van der Waals surface area (Å²) in [4.78, 5) is 4.59. The van der Waals surface area contributed by atoms with Crippen molar-refractivity contribution in [3.8, 4) is 23.1 Å². The van der Waals surface area contributed by atoms with E-state index < -0.39 is 0 Å². The Morgan fingerprint density at radius 2 is 1.96 bits per heavy atom. The zero-order valence-corrected chi connectivity index (χ0v) is 15.6. The Labute approximate surface area is 156 Å². The Hall–Kier alpha value is -3.17. The molecule has 3 rings (SSSR count). The van der Waals surface area contributed by atoms with Gasteiger partial charge in [0.05, 0.1) is 18.5 Å². The molecule has 1 heterocycles. The van der Waals surface area contributed by atoms with Crippen LogP contribution in [0.1, 0.15) is 16.1 Å². The molecule has 0 aliphatic carbocycles. The van der Waals surface area contributed by atoms with Crippen molar-refractivity contribution >= 4 is 22.7 Å². The molecule has 2 aromatic carbocycles. The van der Waals surface area contributed by atoms with E-state index in [4.69, 9.17) is 4.74 Å². The second-order valence-corrected chi connectivity index (χ2v) is 6.63. The Morgan fingerprint density at radius 3 is 2.62 bits per heavy atom. The monoisotopic (exact) mass is 362 g/mol. The summed E-state index contributed by atoms with van der Waals surface area (Å²) in [5.74, 6) is 0.762. The van der Waals surface area contributed by atoms with Crippen molar-refractivity contribution in [2.45, 2.75) is 13.8 Å². The highest BCUT2D eigenvalue weighted by molar-refractivity contribution is 7.12. The molecular formula is C20H18N4OS. The van der Waals surface area contributed by atoms with Gasteiger partial charge >= 0.3 is 0 Å². The minimum absolute atomic E-state index is 0.252. The standard InChI is InChI=1S/C20H18N4OS/c1-13-4-9-17(14(2)10-13)19-12-26-20(22-19)18(11-21)24-23-15-5-7-16(25-3)8-6-15/h4-10,12,23H,1-3H3/b24-18-. The molecule has 0 saturated carbocycles. The molecule has 1 aromatic heterocycles. The van der Waals surface area contributed by atoms with Crippen LogP contribution in [0.4, 0.5) is 5.69 Å². The van der Waals surface area contributed by atoms with E-state index in [0.717, 1.165) is 28.3 Å². The van der Waals surface area contributed by atoms with Crippen molar-refractivity contribution in [3.05, 3.63) is 64.0 Å². The Bertz CT molecular complexity index is 984. The number of thiazole rings is 1. The van der Waals surface area contributed by atoms with Crippen LogP contribution in [-0.4, -0.2) is 17.8 Å². The lowest BCUT2D eigenvalue weighted by atomic mass is 10.0. The second kappa shape index (κ2) is 7.81. The molecule has 26 heavy (non-hydrogen) atoms. The van der Waals surface area contributed by atoms with Crippen molar-refractivity contribution < 1.29 is 4.74 Å². The Balaban J connectivity index is 1.82. The Kier molecular flexibility index (Phi) is 5.30. The molecule has 5 nitrogen and oxygen atoms in total. The van der Waals surface area contributed by atoms with Gasteiger partial charge in [-0.3, -0.25) is 5.43 Å². The lowest BCUT2D eigenvalue weighted by molar-refractivity contribution is 0.415. The summed E-state index contributed by atoms with van der Waals surface area (Å²) in [6, 6.07) is 15.7. The molecular weight excluding hydrogens is 344 g/mol. The van der Waals surface area contributed by atoms with Crippen molar-refractivity contribution in [1.29, 1.82) is 5.26 Å². The molecule has 0 unspecified atom stereocenters. The molecule has 0 radical (unpaired) electrons. The predicted molar refractivity (Wildman–Crippen MR) is 106 cm³/mol. The summed E-state index contributed by atoms with van der Waals surface area (Å²) in [7, 11) is 1.62. The molecule has 0 aliphatic heterocycles. The fraction of sp³-hybridized carbons (Fsp3) is 0.150. The van der Waals surface area contributed by atoms with Crippen LogP contribution in [0.3, 0.4) is 0 Å². The molecule has 0 fully saturated rings. The average molecular weight is 362 g/mol. The van der Waals surface area contributed by atoms with Gasteiger partial charge in [0.2, 0.25) is 0 Å². The summed E-state index contributed by atoms with van der Waals surface area (Å²) >= 11 is 1.41. The van der Waals surface area contributed by atoms with Gasteiger partial charge in [0, 0.05) is 10.9 Å². The fourth-order valence-electron chi connectivity index (χ4n) is 2.51. The van der Waals surface area contributed by atoms with Crippen molar-refractivity contribution in [2.24, 2.45) is 5.10 Å². The van der Waals surface area contributed by atoms with E-state index in [9.17, 15) is 5.26 Å². The number of nitrogens with zero attached hydrogens (tertiary/aromatic N) is 3. The smallest absolute Gasteiger partial charge is 0.196 e. The van der Waals surface area contributed by atoms with E-state index in [1.54, 1.807) is 7.11 Å². The lowest BCUT2D eigenvalue weighted by Gasteiger charge is -2.04. The number of methoxy groups -OCH3 is 1. The van der Waals surface area contributed by atoms with Gasteiger partial charge in [-0.05, 0) is 43.7 Å². The van der Waals surface area contributed by atoms with Crippen LogP contribution in [0.2, 0.25) is 0 Å². The number of aryl methyl sites for hydroxylation is 2. The van der Waals surface area contributed by atoms with Gasteiger partial charge in [-0.25, -0.2) is 4.98 Å². The second-order valence-electron chi connectivity index (χ2n) is 5.77. The number of aromatic nitrogens is 1. The molecule has 1 N–H and O–H groups in total. The van der Waals surface area contributed by atoms with E-state index >= 15 is 0 Å². The van der Waals surface area contributed by atoms with Gasteiger partial charge in [-0.2, -0.15) is 10.4 Å². The van der Waals surface area contributed by atoms with Crippen LogP contribution in [0.25, 0.3) is 11.3 Å². The summed E-state index contributed by atoms with van der Waals surface area (Å²) in [5.41, 5.74) is 8.21. The largest absolute Gasteiger partial charge is 0.497 e. The van der Waals surface area contributed by atoms with Gasteiger partial charge < -0.3 is 4.74 Å². The zero-order chi connectivity index (χ0) is 18.5. The van der Waals surface area contributed by atoms with E-state index in [0.29, 0.717) is 5.01 Å². The van der Waals surface area contributed by atoms with Crippen LogP contribution < -0.4 is 10.2 Å². The number of benzene rings is 2. The minimum Gasteiger partial charge on any atom is -0.497 e. The number of anilines is 1. The summed E-state index contributed by atoms with van der Waals surface area (Å²) < 4.78 is 5.12. The summed E-state index contributed by atoms with van der Waals surface area (Å²) in [6.07, 6.45) is 0. The van der Waals surface area contributed by atoms with Gasteiger partial charge in [0.15, 0.2) is 10.7 Å². The highest BCUT2D eigenvalue weighted by Gasteiger charge is 2.12. The van der Waals surface area contributed by atoms with Crippen LogP contribution in [0, 0.1) is 25.2 Å². The van der Waals surface area contributed by atoms with Gasteiger partial charge in [-0.15, -0.1) is 11.3 Å². The van der Waals surface area contributed by atoms with Gasteiger partial charge in [-0.1, -0.05) is 23.8 Å². The highest BCUT2D eigenvalue weighted by Crippen LogP contribution is 2.26. The average Bonchev–Trinajstić information content (AvgIpc) is 3.12. The third-order valence-electron chi connectivity index (χ3n) is 3.86. The molecule has 3 aromatic rings. The van der Waals surface area contributed by atoms with Crippen molar-refractivity contribution in [2.75, 3.05) is 12.5 Å². The lowest BCUT2D eigenvalue weighted by Crippen LogP contribution is -2.01. The molecule has 0 bridgehead atoms. The predicted octanol–water partition coefficient (Wildman–Crippen LogP) is 4.78. The van der Waals surface area contributed by atoms with Crippen molar-refractivity contribution in [1.82, 2.24) is 4.98 Å². The topological polar surface area (TPSA) is 70.3 Å². The van der Waals surface area contributed by atoms with Crippen molar-refractivity contribution in [3.63, 3.8) is 0 Å². The number of nitrogens with one attached hydrogen (secondary N) is 1. The van der Waals surface area contributed by atoms with E-state index in [1.165, 1.54) is 16.9 Å². The first-order chi connectivity index (χ1) is 12.6. The molecule has 0 atom stereocenters. The molecule has 6 heteroatoms. The third kappa shape index (κ3) is 3.90. The normalized spacial score (nSPS) is 11.1. The zero-order valence-electron chi connectivity index (χ0n) is 14.8. The molecule has 0 amide bonds. The quantitative estimate of drug-likeness (QED) is 0.524. The number of hydrogen-bond donors (Lipinski definition) is 1. The first-order valence-electron chi connectivity index (χ1n) is 8.02. The van der Waals surface area contributed by atoms with Crippen LogP contribution in [-0.2, 0) is 0 Å². The van der Waals surface area contributed by atoms with Gasteiger partial charge in [0.1, 0.15) is 11.8 Å². The number of ether oxygens (including phenoxy) is 1. The maximum absolute atomic E-state index is 9.44.